The molecule has 0 fully saturated rings. The molecule has 2 aromatic heterocycles. The molecule has 1 amide bonds. The lowest BCUT2D eigenvalue weighted by molar-refractivity contribution is -0.130. The highest BCUT2D eigenvalue weighted by Gasteiger charge is 2.12. The van der Waals surface area contributed by atoms with Gasteiger partial charge in [0.2, 0.25) is 5.91 Å². The van der Waals surface area contributed by atoms with Gasteiger partial charge in [-0.05, 0) is 30.2 Å². The summed E-state index contributed by atoms with van der Waals surface area (Å²) < 4.78 is 5.75. The number of carbonyl (C=O) groups excluding carboxylic acids is 1. The fraction of sp³-hybridized carbons (Fsp3) is 0.222. The number of aromatic nitrogens is 1. The van der Waals surface area contributed by atoms with Crippen LogP contribution in [0.25, 0.3) is 11.0 Å². The van der Waals surface area contributed by atoms with Crippen LogP contribution in [0.3, 0.4) is 0 Å². The molecular formula is C18H18N2O2. The Balaban J connectivity index is 1.58. The summed E-state index contributed by atoms with van der Waals surface area (Å²) in [6.07, 6.45) is 4.71. The number of carbonyl (C=O) groups is 1. The molecular weight excluding hydrogens is 276 g/mol. The summed E-state index contributed by atoms with van der Waals surface area (Å²) in [5.74, 6) is 0.905. The van der Waals surface area contributed by atoms with E-state index in [1.54, 1.807) is 24.3 Å². The second-order valence-corrected chi connectivity index (χ2v) is 5.36. The summed E-state index contributed by atoms with van der Waals surface area (Å²) in [5, 5.41) is 1.06. The zero-order valence-corrected chi connectivity index (χ0v) is 12.5. The van der Waals surface area contributed by atoms with E-state index >= 15 is 0 Å². The van der Waals surface area contributed by atoms with E-state index in [9.17, 15) is 4.79 Å². The molecule has 4 heteroatoms. The first kappa shape index (κ1) is 14.3. The molecule has 0 spiro atoms. The molecule has 0 saturated heterocycles. The molecule has 4 nitrogen and oxygen atoms in total. The standard InChI is InChI=1S/C18H18N2O2/c1-20(18(21)9-8-14-5-4-10-19-12-14)13-16-11-15-6-2-3-7-17(15)22-16/h2-7,10-12H,8-9,13H2,1H3. The summed E-state index contributed by atoms with van der Waals surface area (Å²) in [7, 11) is 1.80. The number of rotatable bonds is 5. The van der Waals surface area contributed by atoms with Crippen molar-refractivity contribution in [1.82, 2.24) is 9.88 Å². The Bertz CT molecular complexity index is 732. The van der Waals surface area contributed by atoms with Gasteiger partial charge in [0.15, 0.2) is 0 Å². The van der Waals surface area contributed by atoms with E-state index in [4.69, 9.17) is 4.42 Å². The molecule has 0 atom stereocenters. The van der Waals surface area contributed by atoms with Crippen molar-refractivity contribution < 1.29 is 9.21 Å². The highest BCUT2D eigenvalue weighted by molar-refractivity contribution is 5.78. The fourth-order valence-corrected chi connectivity index (χ4v) is 2.42. The van der Waals surface area contributed by atoms with Crippen LogP contribution in [0.1, 0.15) is 17.7 Å². The topological polar surface area (TPSA) is 46.3 Å². The molecule has 2 heterocycles. The maximum atomic E-state index is 12.2. The van der Waals surface area contributed by atoms with E-state index < -0.39 is 0 Å². The Morgan fingerprint density at radius 2 is 2.09 bits per heavy atom. The van der Waals surface area contributed by atoms with Crippen molar-refractivity contribution in [2.75, 3.05) is 7.05 Å². The van der Waals surface area contributed by atoms with Crippen LogP contribution in [-0.2, 0) is 17.8 Å². The van der Waals surface area contributed by atoms with Gasteiger partial charge in [-0.3, -0.25) is 9.78 Å². The van der Waals surface area contributed by atoms with Crippen LogP contribution in [0.15, 0.2) is 59.3 Å². The molecule has 0 aliphatic carbocycles. The molecule has 0 unspecified atom stereocenters. The van der Waals surface area contributed by atoms with Gasteiger partial charge in [0.25, 0.3) is 0 Å². The van der Waals surface area contributed by atoms with Crippen molar-refractivity contribution >= 4 is 16.9 Å². The third-order valence-corrected chi connectivity index (χ3v) is 3.65. The smallest absolute Gasteiger partial charge is 0.223 e. The lowest BCUT2D eigenvalue weighted by Crippen LogP contribution is -2.26. The predicted octanol–water partition coefficient (Wildman–Crippen LogP) is 3.42. The molecule has 0 saturated carbocycles. The van der Waals surface area contributed by atoms with Crippen LogP contribution in [0.2, 0.25) is 0 Å². The largest absolute Gasteiger partial charge is 0.459 e. The van der Waals surface area contributed by atoms with Crippen LogP contribution in [-0.4, -0.2) is 22.8 Å². The van der Waals surface area contributed by atoms with Gasteiger partial charge >= 0.3 is 0 Å². The minimum absolute atomic E-state index is 0.101. The molecule has 0 bridgehead atoms. The molecule has 0 N–H and O–H groups in total. The third kappa shape index (κ3) is 3.34. The number of pyridine rings is 1. The zero-order valence-electron chi connectivity index (χ0n) is 12.5. The van der Waals surface area contributed by atoms with Crippen molar-refractivity contribution in [2.45, 2.75) is 19.4 Å². The van der Waals surface area contributed by atoms with Crippen LogP contribution in [0.5, 0.6) is 0 Å². The van der Waals surface area contributed by atoms with E-state index in [1.165, 1.54) is 0 Å². The number of benzene rings is 1. The van der Waals surface area contributed by atoms with Crippen LogP contribution >= 0.6 is 0 Å². The Morgan fingerprint density at radius 3 is 2.86 bits per heavy atom. The maximum absolute atomic E-state index is 12.2. The van der Waals surface area contributed by atoms with Gasteiger partial charge in [-0.15, -0.1) is 0 Å². The third-order valence-electron chi connectivity index (χ3n) is 3.65. The summed E-state index contributed by atoms with van der Waals surface area (Å²) >= 11 is 0. The Kier molecular flexibility index (Phi) is 4.19. The molecule has 0 aliphatic heterocycles. The summed E-state index contributed by atoms with van der Waals surface area (Å²) in [6.45, 7) is 0.487. The molecule has 22 heavy (non-hydrogen) atoms. The number of aryl methyl sites for hydroxylation is 1. The van der Waals surface area contributed by atoms with Crippen LogP contribution in [0.4, 0.5) is 0 Å². The highest BCUT2D eigenvalue weighted by atomic mass is 16.3. The van der Waals surface area contributed by atoms with E-state index in [0.717, 1.165) is 22.3 Å². The van der Waals surface area contributed by atoms with E-state index in [1.807, 2.05) is 42.5 Å². The van der Waals surface area contributed by atoms with Gasteiger partial charge in [0.1, 0.15) is 11.3 Å². The lowest BCUT2D eigenvalue weighted by atomic mass is 10.1. The minimum atomic E-state index is 0.101. The van der Waals surface area contributed by atoms with Gasteiger partial charge in [-0.2, -0.15) is 0 Å². The predicted molar refractivity (Wildman–Crippen MR) is 85.2 cm³/mol. The van der Waals surface area contributed by atoms with Crippen molar-refractivity contribution in [1.29, 1.82) is 0 Å². The van der Waals surface area contributed by atoms with Gasteiger partial charge in [0, 0.05) is 31.2 Å². The Labute approximate surface area is 129 Å². The van der Waals surface area contributed by atoms with E-state index in [0.29, 0.717) is 19.4 Å². The SMILES string of the molecule is CN(Cc1cc2ccccc2o1)C(=O)CCc1cccnc1. The van der Waals surface area contributed by atoms with E-state index in [-0.39, 0.29) is 5.91 Å². The average Bonchev–Trinajstić information content (AvgIpc) is 2.95. The van der Waals surface area contributed by atoms with Gasteiger partial charge in [-0.1, -0.05) is 24.3 Å². The van der Waals surface area contributed by atoms with Gasteiger partial charge in [0.05, 0.1) is 6.54 Å². The average molecular weight is 294 g/mol. The second-order valence-electron chi connectivity index (χ2n) is 5.36. The number of fused-ring (bicyclic) bond motifs is 1. The quantitative estimate of drug-likeness (QED) is 0.724. The van der Waals surface area contributed by atoms with Crippen molar-refractivity contribution in [3.63, 3.8) is 0 Å². The van der Waals surface area contributed by atoms with Crippen molar-refractivity contribution in [2.24, 2.45) is 0 Å². The maximum Gasteiger partial charge on any atom is 0.223 e. The van der Waals surface area contributed by atoms with Crippen molar-refractivity contribution in [3.05, 3.63) is 66.2 Å². The highest BCUT2D eigenvalue weighted by Crippen LogP contribution is 2.19. The van der Waals surface area contributed by atoms with Crippen molar-refractivity contribution in [3.8, 4) is 0 Å². The minimum Gasteiger partial charge on any atom is -0.459 e. The Morgan fingerprint density at radius 1 is 1.23 bits per heavy atom. The first-order valence-corrected chi connectivity index (χ1v) is 7.33. The molecule has 0 radical (unpaired) electrons. The summed E-state index contributed by atoms with van der Waals surface area (Å²) in [5.41, 5.74) is 1.93. The Hall–Kier alpha value is -2.62. The molecule has 0 aliphatic rings. The fourth-order valence-electron chi connectivity index (χ4n) is 2.42. The molecule has 112 valence electrons. The monoisotopic (exact) mass is 294 g/mol. The normalized spacial score (nSPS) is 10.8. The summed E-state index contributed by atoms with van der Waals surface area (Å²) in [4.78, 5) is 18.0. The number of hydrogen-bond donors (Lipinski definition) is 0. The van der Waals surface area contributed by atoms with Gasteiger partial charge in [-0.25, -0.2) is 0 Å². The van der Waals surface area contributed by atoms with E-state index in [2.05, 4.69) is 4.98 Å². The number of para-hydroxylation sites is 1. The summed E-state index contributed by atoms with van der Waals surface area (Å²) in [6, 6.07) is 13.7. The second kappa shape index (κ2) is 6.43. The van der Waals surface area contributed by atoms with Crippen LogP contribution < -0.4 is 0 Å². The molecule has 1 aromatic carbocycles. The van der Waals surface area contributed by atoms with Gasteiger partial charge < -0.3 is 9.32 Å². The first-order valence-electron chi connectivity index (χ1n) is 7.33. The first-order chi connectivity index (χ1) is 10.7. The van der Waals surface area contributed by atoms with Crippen LogP contribution in [0, 0.1) is 0 Å². The number of furan rings is 1. The number of amides is 1. The number of hydrogen-bond acceptors (Lipinski definition) is 3. The zero-order chi connectivity index (χ0) is 15.4. The lowest BCUT2D eigenvalue weighted by Gasteiger charge is -2.15. The number of nitrogens with zero attached hydrogens (tertiary/aromatic N) is 2. The molecule has 3 rings (SSSR count). The molecule has 3 aromatic rings.